The van der Waals surface area contributed by atoms with Crippen molar-refractivity contribution in [2.45, 2.75) is 58.9 Å². The van der Waals surface area contributed by atoms with Gasteiger partial charge in [0.25, 0.3) is 5.92 Å². The average Bonchev–Trinajstić information content (AvgIpc) is 3.20. The van der Waals surface area contributed by atoms with Gasteiger partial charge in [-0.1, -0.05) is 0 Å². The van der Waals surface area contributed by atoms with Crippen LogP contribution in [0.4, 0.5) is 8.78 Å². The van der Waals surface area contributed by atoms with Crippen LogP contribution in [0.5, 0.6) is 0 Å². The molecule has 1 aliphatic heterocycles. The van der Waals surface area contributed by atoms with Crippen molar-refractivity contribution in [3.63, 3.8) is 0 Å². The number of amides is 1. The van der Waals surface area contributed by atoms with Gasteiger partial charge < -0.3 is 15.0 Å². The number of rotatable bonds is 2. The first-order chi connectivity index (χ1) is 16.4. The van der Waals surface area contributed by atoms with Crippen molar-refractivity contribution < 1.29 is 18.4 Å². The van der Waals surface area contributed by atoms with Crippen molar-refractivity contribution in [2.24, 2.45) is 0 Å². The molecule has 7 nitrogen and oxygen atoms in total. The van der Waals surface area contributed by atoms with Gasteiger partial charge in [0.15, 0.2) is 0 Å². The van der Waals surface area contributed by atoms with E-state index in [1.54, 1.807) is 0 Å². The number of nitrogens with zero attached hydrogens (tertiary/aromatic N) is 4. The van der Waals surface area contributed by atoms with E-state index in [-0.39, 0.29) is 18.4 Å². The number of alkyl halides is 2. The van der Waals surface area contributed by atoms with Crippen LogP contribution in [-0.2, 0) is 9.59 Å². The molecule has 1 saturated heterocycles. The maximum atomic E-state index is 12.4. The van der Waals surface area contributed by atoms with Crippen LogP contribution < -0.4 is 5.32 Å². The highest BCUT2D eigenvalue weighted by atomic mass is 19.3. The summed E-state index contributed by atoms with van der Waals surface area (Å²) in [7, 11) is 1.87. The zero-order valence-electron chi connectivity index (χ0n) is 21.5. The lowest BCUT2D eigenvalue weighted by Crippen LogP contribution is -2.36. The molecule has 4 rings (SSSR count). The molecule has 1 aliphatic rings. The molecule has 1 N–H and O–H groups in total. The molecule has 4 heterocycles. The van der Waals surface area contributed by atoms with Crippen LogP contribution >= 0.6 is 0 Å². The van der Waals surface area contributed by atoms with Gasteiger partial charge in [-0.15, -0.1) is 0 Å². The zero-order chi connectivity index (χ0) is 26.6. The molecular formula is C26H37F2N5O2. The van der Waals surface area contributed by atoms with Crippen molar-refractivity contribution in [3.05, 3.63) is 54.1 Å². The first-order valence-electron chi connectivity index (χ1n) is 11.3. The van der Waals surface area contributed by atoms with E-state index in [0.717, 1.165) is 22.3 Å². The highest BCUT2D eigenvalue weighted by Crippen LogP contribution is 2.26. The van der Waals surface area contributed by atoms with Crippen molar-refractivity contribution in [1.29, 1.82) is 0 Å². The van der Waals surface area contributed by atoms with E-state index in [0.29, 0.717) is 19.5 Å². The molecule has 0 bridgehead atoms. The molecule has 3 aromatic heterocycles. The summed E-state index contributed by atoms with van der Waals surface area (Å²) in [4.78, 5) is 28.3. The van der Waals surface area contributed by atoms with E-state index < -0.39 is 5.92 Å². The quantitative estimate of drug-likeness (QED) is 0.527. The minimum atomic E-state index is -2.38. The maximum absolute atomic E-state index is 12.4. The third kappa shape index (κ3) is 10.7. The van der Waals surface area contributed by atoms with Gasteiger partial charge in [-0.3, -0.25) is 14.3 Å². The van der Waals surface area contributed by atoms with Gasteiger partial charge in [-0.25, -0.2) is 13.8 Å². The van der Waals surface area contributed by atoms with Gasteiger partial charge in [0.1, 0.15) is 12.4 Å². The minimum Gasteiger partial charge on any atom is -0.354 e. The zero-order valence-corrected chi connectivity index (χ0v) is 21.5. The predicted octanol–water partition coefficient (Wildman–Crippen LogP) is 4.73. The number of hydrogen-bond donors (Lipinski definition) is 1. The number of carbonyl (C=O) groups excluding carboxylic acids is 2. The van der Waals surface area contributed by atoms with Gasteiger partial charge in [-0.2, -0.15) is 0 Å². The molecule has 1 amide bonds. The monoisotopic (exact) mass is 489 g/mol. The fraction of sp³-hybridized carbons (Fsp3) is 0.462. The van der Waals surface area contributed by atoms with Gasteiger partial charge >= 0.3 is 0 Å². The second-order valence-corrected chi connectivity index (χ2v) is 9.50. The molecule has 0 atom stereocenters. The Kier molecular flexibility index (Phi) is 11.6. The summed E-state index contributed by atoms with van der Waals surface area (Å²) in [5, 5.41) is 3.76. The number of aryl methyl sites for hydroxylation is 2. The third-order valence-electron chi connectivity index (χ3n) is 5.01. The second kappa shape index (κ2) is 13.6. The number of carbonyl (C=O) groups is 2. The summed E-state index contributed by atoms with van der Waals surface area (Å²) in [6, 6.07) is 6.33. The van der Waals surface area contributed by atoms with Gasteiger partial charge in [-0.05, 0) is 71.0 Å². The molecule has 9 heteroatoms. The molecule has 1 fully saturated rings. The van der Waals surface area contributed by atoms with Gasteiger partial charge in [0, 0.05) is 55.4 Å². The Balaban J connectivity index is 0.000000288. The summed E-state index contributed by atoms with van der Waals surface area (Å²) < 4.78 is 26.8. The number of fused-ring (bicyclic) bond motifs is 1. The molecule has 0 aromatic carbocycles. The van der Waals surface area contributed by atoms with Crippen LogP contribution in [-0.4, -0.2) is 64.2 Å². The molecule has 35 heavy (non-hydrogen) atoms. The first-order valence-corrected chi connectivity index (χ1v) is 11.3. The van der Waals surface area contributed by atoms with E-state index in [4.69, 9.17) is 4.79 Å². The lowest BCUT2D eigenvalue weighted by Gasteiger charge is -2.28. The SMILES string of the molecule is C=O.CC(C)(C)NC=O.CN1CCC(F)(F)CC1.Cc1cncc(-n2ccc3cc(C)cnc32)c1. The number of nitrogens with one attached hydrogen (secondary N) is 1. The highest BCUT2D eigenvalue weighted by molar-refractivity contribution is 5.78. The third-order valence-corrected chi connectivity index (χ3v) is 5.01. The largest absolute Gasteiger partial charge is 0.354 e. The highest BCUT2D eigenvalue weighted by Gasteiger charge is 2.32. The van der Waals surface area contributed by atoms with Crippen LogP contribution in [0.1, 0.15) is 44.7 Å². The Hall–Kier alpha value is -3.20. The van der Waals surface area contributed by atoms with Crippen molar-refractivity contribution in [2.75, 3.05) is 20.1 Å². The van der Waals surface area contributed by atoms with Gasteiger partial charge in [0.05, 0.1) is 11.9 Å². The summed E-state index contributed by atoms with van der Waals surface area (Å²) in [6.45, 7) is 13.0. The number of halogens is 2. The average molecular weight is 490 g/mol. The Bertz CT molecular complexity index is 1050. The molecule has 0 unspecified atom stereocenters. The van der Waals surface area contributed by atoms with E-state index in [2.05, 4.69) is 45.0 Å². The maximum Gasteiger partial charge on any atom is 0.250 e. The topological polar surface area (TPSA) is 80.1 Å². The summed E-state index contributed by atoms with van der Waals surface area (Å²) in [5.74, 6) is -2.38. The van der Waals surface area contributed by atoms with Crippen LogP contribution in [0.25, 0.3) is 16.7 Å². The second-order valence-electron chi connectivity index (χ2n) is 9.50. The van der Waals surface area contributed by atoms with Crippen molar-refractivity contribution in [1.82, 2.24) is 24.8 Å². The van der Waals surface area contributed by atoms with E-state index in [1.807, 2.05) is 71.2 Å². The first kappa shape index (κ1) is 29.8. The predicted molar refractivity (Wildman–Crippen MR) is 136 cm³/mol. The number of aromatic nitrogens is 3. The van der Waals surface area contributed by atoms with Crippen LogP contribution in [0.3, 0.4) is 0 Å². The molecule has 192 valence electrons. The fourth-order valence-corrected chi connectivity index (χ4v) is 3.14. The van der Waals surface area contributed by atoms with E-state index in [9.17, 15) is 13.6 Å². The van der Waals surface area contributed by atoms with Crippen LogP contribution in [0, 0.1) is 13.8 Å². The molecule has 0 saturated carbocycles. The minimum absolute atomic E-state index is 0.0312. The number of likely N-dealkylation sites (tertiary alicyclic amines) is 1. The Morgan fingerprint density at radius 2 is 1.66 bits per heavy atom. The summed E-state index contributed by atoms with van der Waals surface area (Å²) in [6.07, 6.45) is 8.41. The lowest BCUT2D eigenvalue weighted by molar-refractivity contribution is -0.110. The van der Waals surface area contributed by atoms with E-state index >= 15 is 0 Å². The molecule has 0 radical (unpaired) electrons. The number of pyridine rings is 2. The Labute approximate surface area is 206 Å². The normalized spacial score (nSPS) is 14.9. The summed E-state index contributed by atoms with van der Waals surface area (Å²) in [5.41, 5.74) is 4.29. The summed E-state index contributed by atoms with van der Waals surface area (Å²) >= 11 is 0. The lowest BCUT2D eigenvalue weighted by atomic mass is 10.1. The van der Waals surface area contributed by atoms with E-state index in [1.165, 1.54) is 5.56 Å². The smallest absolute Gasteiger partial charge is 0.250 e. The van der Waals surface area contributed by atoms with Crippen LogP contribution in [0.2, 0.25) is 0 Å². The Morgan fingerprint density at radius 1 is 1.06 bits per heavy atom. The molecule has 3 aromatic rings. The Morgan fingerprint density at radius 3 is 2.14 bits per heavy atom. The molecule has 0 aliphatic carbocycles. The van der Waals surface area contributed by atoms with Crippen molar-refractivity contribution in [3.8, 4) is 5.69 Å². The van der Waals surface area contributed by atoms with Crippen LogP contribution in [0.15, 0.2) is 43.0 Å². The fourth-order valence-electron chi connectivity index (χ4n) is 3.14. The number of piperidine rings is 1. The molecular weight excluding hydrogens is 452 g/mol. The molecule has 0 spiro atoms. The van der Waals surface area contributed by atoms with Gasteiger partial charge in [0.2, 0.25) is 6.41 Å². The number of hydrogen-bond acceptors (Lipinski definition) is 5. The van der Waals surface area contributed by atoms with Crippen molar-refractivity contribution >= 4 is 24.2 Å². The standard InChI is InChI=1S/C14H13N3.C6H11F2N.C5H11NO.CH2O/c1-10-5-12-3-4-17(14(12)16-8-10)13-6-11(2)7-15-9-13;1-9-4-2-6(7,8)3-5-9;1-5(2,3)6-4-7;1-2/h3-9H,1-2H3;2-5H2,1H3;4H,1-3H3,(H,6,7);1H2.